The molecule has 4 heteroatoms. The van der Waals surface area contributed by atoms with E-state index in [-0.39, 0.29) is 5.82 Å². The van der Waals surface area contributed by atoms with Crippen molar-refractivity contribution in [3.8, 4) is 0 Å². The van der Waals surface area contributed by atoms with Crippen LogP contribution in [0.15, 0.2) is 24.3 Å². The second-order valence-corrected chi connectivity index (χ2v) is 3.98. The number of carbonyl (C=O) groups is 1. The summed E-state index contributed by atoms with van der Waals surface area (Å²) in [5, 5.41) is 18.7. The summed E-state index contributed by atoms with van der Waals surface area (Å²) in [7, 11) is 0. The minimum absolute atomic E-state index is 0.380. The normalized spacial score (nSPS) is 16.5. The Morgan fingerprint density at radius 3 is 2.19 bits per heavy atom. The Labute approximate surface area is 93.5 Å². The number of hydrogen-bond acceptors (Lipinski definition) is 2. The molecule has 1 rings (SSSR count). The van der Waals surface area contributed by atoms with Crippen LogP contribution < -0.4 is 0 Å². The van der Waals surface area contributed by atoms with Gasteiger partial charge in [-0.25, -0.2) is 4.39 Å². The van der Waals surface area contributed by atoms with E-state index in [4.69, 9.17) is 5.11 Å². The summed E-state index contributed by atoms with van der Waals surface area (Å²) in [4.78, 5) is 10.8. The molecule has 1 aromatic rings. The van der Waals surface area contributed by atoms with Gasteiger partial charge in [0, 0.05) is 0 Å². The molecule has 0 radical (unpaired) electrons. The lowest BCUT2D eigenvalue weighted by Crippen LogP contribution is -2.23. The standard InChI is InChI=1S/C12H15FO3/c1-7(8(2)12(15)16)11(14)9-3-5-10(13)6-4-9/h3-8,11,14H,1-2H3,(H,15,16). The van der Waals surface area contributed by atoms with Gasteiger partial charge in [-0.15, -0.1) is 0 Å². The van der Waals surface area contributed by atoms with Crippen LogP contribution in [0.5, 0.6) is 0 Å². The molecule has 0 amide bonds. The van der Waals surface area contributed by atoms with Crippen LogP contribution >= 0.6 is 0 Å². The highest BCUT2D eigenvalue weighted by atomic mass is 19.1. The maximum atomic E-state index is 12.7. The van der Waals surface area contributed by atoms with Gasteiger partial charge in [0.2, 0.25) is 0 Å². The van der Waals surface area contributed by atoms with E-state index >= 15 is 0 Å². The molecule has 3 nitrogen and oxygen atoms in total. The van der Waals surface area contributed by atoms with Crippen LogP contribution in [0.1, 0.15) is 25.5 Å². The zero-order valence-electron chi connectivity index (χ0n) is 9.22. The summed E-state index contributed by atoms with van der Waals surface area (Å²) < 4.78 is 12.7. The molecule has 0 saturated carbocycles. The first-order valence-electron chi connectivity index (χ1n) is 5.09. The Morgan fingerprint density at radius 2 is 1.75 bits per heavy atom. The topological polar surface area (TPSA) is 57.5 Å². The Hall–Kier alpha value is -1.42. The minimum Gasteiger partial charge on any atom is -0.481 e. The quantitative estimate of drug-likeness (QED) is 0.827. The number of carboxylic acids is 1. The molecule has 0 heterocycles. The van der Waals surface area contributed by atoms with Crippen molar-refractivity contribution in [2.45, 2.75) is 20.0 Å². The number of rotatable bonds is 4. The molecular formula is C12H15FO3. The number of aliphatic hydroxyl groups excluding tert-OH is 1. The molecule has 0 aliphatic carbocycles. The van der Waals surface area contributed by atoms with E-state index in [1.807, 2.05) is 0 Å². The van der Waals surface area contributed by atoms with Crippen molar-refractivity contribution >= 4 is 5.97 Å². The van der Waals surface area contributed by atoms with Crippen molar-refractivity contribution in [2.24, 2.45) is 11.8 Å². The first-order valence-corrected chi connectivity index (χ1v) is 5.09. The molecule has 16 heavy (non-hydrogen) atoms. The lowest BCUT2D eigenvalue weighted by atomic mass is 9.87. The van der Waals surface area contributed by atoms with E-state index in [0.29, 0.717) is 5.56 Å². The van der Waals surface area contributed by atoms with Crippen LogP contribution in [0.2, 0.25) is 0 Å². The molecule has 0 aliphatic rings. The van der Waals surface area contributed by atoms with Gasteiger partial charge in [0.25, 0.3) is 0 Å². The lowest BCUT2D eigenvalue weighted by molar-refractivity contribution is -0.144. The van der Waals surface area contributed by atoms with Gasteiger partial charge in [-0.2, -0.15) is 0 Å². The molecule has 1 aromatic carbocycles. The Bertz CT molecular complexity index is 361. The first-order chi connectivity index (χ1) is 7.43. The van der Waals surface area contributed by atoms with Gasteiger partial charge in [0.15, 0.2) is 0 Å². The third-order valence-electron chi connectivity index (χ3n) is 2.89. The maximum Gasteiger partial charge on any atom is 0.306 e. The SMILES string of the molecule is CC(C(=O)O)C(C)C(O)c1ccc(F)cc1. The van der Waals surface area contributed by atoms with Gasteiger partial charge in [0.1, 0.15) is 5.82 Å². The lowest BCUT2D eigenvalue weighted by Gasteiger charge is -2.22. The van der Waals surface area contributed by atoms with Crippen molar-refractivity contribution in [1.82, 2.24) is 0 Å². The average molecular weight is 226 g/mol. The van der Waals surface area contributed by atoms with E-state index in [9.17, 15) is 14.3 Å². The number of benzene rings is 1. The van der Waals surface area contributed by atoms with Crippen molar-refractivity contribution < 1.29 is 19.4 Å². The predicted molar refractivity (Wildman–Crippen MR) is 57.3 cm³/mol. The summed E-state index contributed by atoms with van der Waals surface area (Å²) in [6, 6.07) is 5.42. The van der Waals surface area contributed by atoms with Gasteiger partial charge in [-0.05, 0) is 23.6 Å². The van der Waals surface area contributed by atoms with Crippen LogP contribution in [0.4, 0.5) is 4.39 Å². The number of hydrogen-bond donors (Lipinski definition) is 2. The molecule has 0 bridgehead atoms. The summed E-state index contributed by atoms with van der Waals surface area (Å²) >= 11 is 0. The largest absolute Gasteiger partial charge is 0.481 e. The number of halogens is 1. The Balaban J connectivity index is 2.81. The number of aliphatic hydroxyl groups is 1. The molecule has 3 unspecified atom stereocenters. The minimum atomic E-state index is -0.950. The van der Waals surface area contributed by atoms with E-state index < -0.39 is 23.9 Å². The number of aliphatic carboxylic acids is 1. The third kappa shape index (κ3) is 2.79. The Kier molecular flexibility index (Phi) is 4.01. The fourth-order valence-electron chi connectivity index (χ4n) is 1.46. The van der Waals surface area contributed by atoms with E-state index in [0.717, 1.165) is 0 Å². The Morgan fingerprint density at radius 1 is 1.25 bits per heavy atom. The fraction of sp³-hybridized carbons (Fsp3) is 0.417. The van der Waals surface area contributed by atoms with E-state index in [2.05, 4.69) is 0 Å². The molecule has 0 fully saturated rings. The van der Waals surface area contributed by atoms with Crippen molar-refractivity contribution in [3.05, 3.63) is 35.6 Å². The highest BCUT2D eigenvalue weighted by molar-refractivity contribution is 5.69. The highest BCUT2D eigenvalue weighted by Crippen LogP contribution is 2.27. The van der Waals surface area contributed by atoms with Gasteiger partial charge < -0.3 is 10.2 Å². The van der Waals surface area contributed by atoms with Gasteiger partial charge >= 0.3 is 5.97 Å². The second-order valence-electron chi connectivity index (χ2n) is 3.98. The summed E-state index contributed by atoms with van der Waals surface area (Å²) in [6.45, 7) is 3.20. The van der Waals surface area contributed by atoms with E-state index in [1.54, 1.807) is 13.8 Å². The second kappa shape index (κ2) is 5.07. The monoisotopic (exact) mass is 226 g/mol. The zero-order valence-corrected chi connectivity index (χ0v) is 9.22. The average Bonchev–Trinajstić information content (AvgIpc) is 2.27. The first kappa shape index (κ1) is 12.6. The fourth-order valence-corrected chi connectivity index (χ4v) is 1.46. The van der Waals surface area contributed by atoms with Crippen LogP contribution in [-0.2, 0) is 4.79 Å². The van der Waals surface area contributed by atoms with Crippen molar-refractivity contribution in [3.63, 3.8) is 0 Å². The summed E-state index contributed by atoms with van der Waals surface area (Å²) in [6.07, 6.45) is -0.897. The summed E-state index contributed by atoms with van der Waals surface area (Å²) in [5.41, 5.74) is 0.530. The van der Waals surface area contributed by atoms with Crippen LogP contribution in [-0.4, -0.2) is 16.2 Å². The van der Waals surface area contributed by atoms with Crippen molar-refractivity contribution in [1.29, 1.82) is 0 Å². The molecular weight excluding hydrogens is 211 g/mol. The summed E-state index contributed by atoms with van der Waals surface area (Å²) in [5.74, 6) is -2.41. The van der Waals surface area contributed by atoms with Gasteiger partial charge in [-0.3, -0.25) is 4.79 Å². The molecule has 3 atom stereocenters. The van der Waals surface area contributed by atoms with Crippen LogP contribution in [0.25, 0.3) is 0 Å². The molecule has 0 aliphatic heterocycles. The smallest absolute Gasteiger partial charge is 0.306 e. The van der Waals surface area contributed by atoms with Gasteiger partial charge in [0.05, 0.1) is 12.0 Å². The van der Waals surface area contributed by atoms with Crippen LogP contribution in [0, 0.1) is 17.7 Å². The molecule has 88 valence electrons. The predicted octanol–water partition coefficient (Wildman–Crippen LogP) is 2.22. The number of carboxylic acid groups (broad SMARTS) is 1. The molecule has 0 spiro atoms. The van der Waals surface area contributed by atoms with Gasteiger partial charge in [-0.1, -0.05) is 26.0 Å². The van der Waals surface area contributed by atoms with Crippen LogP contribution in [0.3, 0.4) is 0 Å². The zero-order chi connectivity index (χ0) is 12.3. The molecule has 2 N–H and O–H groups in total. The highest BCUT2D eigenvalue weighted by Gasteiger charge is 2.26. The van der Waals surface area contributed by atoms with E-state index in [1.165, 1.54) is 24.3 Å². The third-order valence-corrected chi connectivity index (χ3v) is 2.89. The molecule has 0 aromatic heterocycles. The molecule has 0 saturated heterocycles. The van der Waals surface area contributed by atoms with Crippen molar-refractivity contribution in [2.75, 3.05) is 0 Å². The maximum absolute atomic E-state index is 12.7.